The summed E-state index contributed by atoms with van der Waals surface area (Å²) in [6.07, 6.45) is 0.204. The minimum Gasteiger partial charge on any atom is -0.511 e. The number of allylic oxidation sites excluding steroid dienone is 1. The zero-order valence-electron chi connectivity index (χ0n) is 8.27. The lowest BCUT2D eigenvalue weighted by Gasteiger charge is -2.07. The fraction of sp³-hybridized carbons (Fsp3) is 0.182. The topological polar surface area (TPSA) is 77.8 Å². The number of rotatable bonds is 3. The van der Waals surface area contributed by atoms with Gasteiger partial charge in [0.05, 0.1) is 0 Å². The third-order valence-electron chi connectivity index (χ3n) is 2.01. The predicted molar refractivity (Wildman–Crippen MR) is 55.6 cm³/mol. The van der Waals surface area contributed by atoms with Crippen molar-refractivity contribution in [2.45, 2.75) is 13.3 Å². The van der Waals surface area contributed by atoms with Crippen LogP contribution in [0.1, 0.15) is 18.9 Å². The number of hydrogen-bond acceptors (Lipinski definition) is 3. The van der Waals surface area contributed by atoms with Crippen molar-refractivity contribution in [1.82, 2.24) is 0 Å². The van der Waals surface area contributed by atoms with E-state index in [4.69, 9.17) is 5.11 Å². The van der Waals surface area contributed by atoms with Crippen molar-refractivity contribution in [3.8, 4) is 5.75 Å². The van der Waals surface area contributed by atoms with Gasteiger partial charge in [0, 0.05) is 12.0 Å². The third-order valence-corrected chi connectivity index (χ3v) is 2.01. The van der Waals surface area contributed by atoms with Crippen LogP contribution in [0.2, 0.25) is 0 Å². The Morgan fingerprint density at radius 2 is 1.87 bits per heavy atom. The summed E-state index contributed by atoms with van der Waals surface area (Å²) in [7, 11) is 0. The van der Waals surface area contributed by atoms with E-state index in [1.165, 1.54) is 12.1 Å². The molecule has 1 rings (SSSR count). The molecule has 0 fully saturated rings. The molecular weight excluding hydrogens is 196 g/mol. The van der Waals surface area contributed by atoms with E-state index < -0.39 is 5.97 Å². The van der Waals surface area contributed by atoms with Crippen LogP contribution < -0.4 is 0 Å². The molecule has 0 heterocycles. The molecule has 0 aliphatic carbocycles. The van der Waals surface area contributed by atoms with Gasteiger partial charge in [0.15, 0.2) is 0 Å². The summed E-state index contributed by atoms with van der Waals surface area (Å²) >= 11 is 0. The first kappa shape index (κ1) is 11.1. The standard InChI is InChI=1S/C11H12O4/c1-2-8(12)10(11(14)15)7-5-3-4-6-9(7)13/h3-6,12-13H,2H2,1H3,(H,14,15). The van der Waals surface area contributed by atoms with Crippen molar-refractivity contribution < 1.29 is 20.1 Å². The lowest BCUT2D eigenvalue weighted by atomic mass is 10.0. The van der Waals surface area contributed by atoms with Crippen molar-refractivity contribution in [2.75, 3.05) is 0 Å². The number of carboxylic acid groups (broad SMARTS) is 1. The molecule has 0 atom stereocenters. The number of aliphatic hydroxyl groups is 1. The first-order valence-electron chi connectivity index (χ1n) is 4.51. The SMILES string of the molecule is CCC(O)=C(C(=O)O)c1ccccc1O. The van der Waals surface area contributed by atoms with Gasteiger partial charge < -0.3 is 15.3 Å². The van der Waals surface area contributed by atoms with E-state index in [-0.39, 0.29) is 29.1 Å². The molecule has 4 heteroatoms. The third kappa shape index (κ3) is 2.28. The van der Waals surface area contributed by atoms with Gasteiger partial charge in [-0.15, -0.1) is 0 Å². The molecule has 0 saturated heterocycles. The molecule has 0 aliphatic rings. The number of para-hydroxylation sites is 1. The van der Waals surface area contributed by atoms with Gasteiger partial charge in [0.2, 0.25) is 0 Å². The van der Waals surface area contributed by atoms with Crippen LogP contribution in [-0.4, -0.2) is 21.3 Å². The van der Waals surface area contributed by atoms with Crippen molar-refractivity contribution in [1.29, 1.82) is 0 Å². The average molecular weight is 208 g/mol. The highest BCUT2D eigenvalue weighted by Crippen LogP contribution is 2.27. The van der Waals surface area contributed by atoms with Gasteiger partial charge in [-0.25, -0.2) is 4.79 Å². The van der Waals surface area contributed by atoms with E-state index in [0.29, 0.717) is 0 Å². The monoisotopic (exact) mass is 208 g/mol. The lowest BCUT2D eigenvalue weighted by molar-refractivity contribution is -0.130. The maximum Gasteiger partial charge on any atom is 0.339 e. The van der Waals surface area contributed by atoms with Gasteiger partial charge in [-0.2, -0.15) is 0 Å². The van der Waals surface area contributed by atoms with Gasteiger partial charge >= 0.3 is 5.97 Å². The molecule has 80 valence electrons. The van der Waals surface area contributed by atoms with Gasteiger partial charge in [0.25, 0.3) is 0 Å². The number of carbonyl (C=O) groups is 1. The number of carboxylic acids is 1. The second-order valence-corrected chi connectivity index (χ2v) is 3.00. The Kier molecular flexibility index (Phi) is 3.33. The van der Waals surface area contributed by atoms with Crippen LogP contribution in [0.15, 0.2) is 30.0 Å². The van der Waals surface area contributed by atoms with Gasteiger partial charge in [-0.05, 0) is 6.07 Å². The molecule has 0 unspecified atom stereocenters. The van der Waals surface area contributed by atoms with Crippen LogP contribution in [0, 0.1) is 0 Å². The summed E-state index contributed by atoms with van der Waals surface area (Å²) in [5, 5.41) is 27.8. The molecule has 4 nitrogen and oxygen atoms in total. The molecule has 0 saturated carbocycles. The Morgan fingerprint density at radius 1 is 1.27 bits per heavy atom. The summed E-state index contributed by atoms with van der Waals surface area (Å²) in [5.74, 6) is -1.66. The maximum atomic E-state index is 10.9. The number of aliphatic carboxylic acids is 1. The molecule has 1 aromatic rings. The zero-order valence-corrected chi connectivity index (χ0v) is 8.27. The minimum absolute atomic E-state index is 0.129. The fourth-order valence-electron chi connectivity index (χ4n) is 1.26. The molecule has 0 radical (unpaired) electrons. The highest BCUT2D eigenvalue weighted by Gasteiger charge is 2.18. The molecule has 0 amide bonds. The number of aromatic hydroxyl groups is 1. The highest BCUT2D eigenvalue weighted by atomic mass is 16.4. The normalized spacial score (nSPS) is 12.1. The summed E-state index contributed by atoms with van der Waals surface area (Å²) in [6, 6.07) is 6.01. The number of phenols is 1. The number of phenolic OH excluding ortho intramolecular Hbond substituents is 1. The average Bonchev–Trinajstić information content (AvgIpc) is 2.20. The minimum atomic E-state index is -1.25. The summed E-state index contributed by atoms with van der Waals surface area (Å²) in [4.78, 5) is 10.9. The predicted octanol–water partition coefficient (Wildman–Crippen LogP) is 2.16. The van der Waals surface area contributed by atoms with E-state index in [0.717, 1.165) is 0 Å². The lowest BCUT2D eigenvalue weighted by Crippen LogP contribution is -2.03. The summed E-state index contributed by atoms with van der Waals surface area (Å²) in [6.45, 7) is 1.64. The molecule has 1 aromatic carbocycles. The zero-order chi connectivity index (χ0) is 11.4. The molecule has 0 bridgehead atoms. The van der Waals surface area contributed by atoms with E-state index in [2.05, 4.69) is 0 Å². The van der Waals surface area contributed by atoms with Crippen molar-refractivity contribution >= 4 is 11.5 Å². The summed E-state index contributed by atoms with van der Waals surface area (Å²) < 4.78 is 0. The van der Waals surface area contributed by atoms with Gasteiger partial charge in [0.1, 0.15) is 17.1 Å². The second-order valence-electron chi connectivity index (χ2n) is 3.00. The fourth-order valence-corrected chi connectivity index (χ4v) is 1.26. The Morgan fingerprint density at radius 3 is 2.33 bits per heavy atom. The van der Waals surface area contributed by atoms with E-state index >= 15 is 0 Å². The Labute approximate surface area is 87.1 Å². The molecule has 0 aromatic heterocycles. The highest BCUT2D eigenvalue weighted by molar-refractivity contribution is 6.16. The van der Waals surface area contributed by atoms with E-state index in [1.807, 2.05) is 0 Å². The van der Waals surface area contributed by atoms with Crippen LogP contribution in [0.3, 0.4) is 0 Å². The molecule has 0 aliphatic heterocycles. The first-order valence-corrected chi connectivity index (χ1v) is 4.51. The Hall–Kier alpha value is -1.97. The maximum absolute atomic E-state index is 10.9. The molecule has 0 spiro atoms. The number of aliphatic hydroxyl groups excluding tert-OH is 1. The van der Waals surface area contributed by atoms with Crippen LogP contribution in [-0.2, 0) is 4.79 Å². The Balaban J connectivity index is 3.36. The van der Waals surface area contributed by atoms with E-state index in [1.54, 1.807) is 19.1 Å². The molecule has 15 heavy (non-hydrogen) atoms. The first-order chi connectivity index (χ1) is 7.07. The quantitative estimate of drug-likeness (QED) is 0.525. The van der Waals surface area contributed by atoms with Gasteiger partial charge in [-0.3, -0.25) is 0 Å². The molecule has 3 N–H and O–H groups in total. The van der Waals surface area contributed by atoms with Gasteiger partial charge in [-0.1, -0.05) is 25.1 Å². The summed E-state index contributed by atoms with van der Waals surface area (Å²) in [5.41, 5.74) is -0.125. The smallest absolute Gasteiger partial charge is 0.339 e. The van der Waals surface area contributed by atoms with Crippen molar-refractivity contribution in [2.24, 2.45) is 0 Å². The van der Waals surface area contributed by atoms with E-state index in [9.17, 15) is 15.0 Å². The largest absolute Gasteiger partial charge is 0.511 e. The number of hydrogen-bond donors (Lipinski definition) is 3. The second kappa shape index (κ2) is 4.50. The van der Waals surface area contributed by atoms with Crippen LogP contribution >= 0.6 is 0 Å². The van der Waals surface area contributed by atoms with Crippen LogP contribution in [0.4, 0.5) is 0 Å². The van der Waals surface area contributed by atoms with Crippen molar-refractivity contribution in [3.63, 3.8) is 0 Å². The molecular formula is C11H12O4. The van der Waals surface area contributed by atoms with Crippen LogP contribution in [0.5, 0.6) is 5.75 Å². The number of benzene rings is 1. The van der Waals surface area contributed by atoms with Crippen LogP contribution in [0.25, 0.3) is 5.57 Å². The Bertz CT molecular complexity index is 407. The van der Waals surface area contributed by atoms with Crippen molar-refractivity contribution in [3.05, 3.63) is 35.6 Å².